The Bertz CT molecular complexity index is 593. The van der Waals surface area contributed by atoms with Crippen LogP contribution in [0.15, 0.2) is 53.4 Å². The van der Waals surface area contributed by atoms with Crippen LogP contribution in [0.3, 0.4) is 0 Å². The highest BCUT2D eigenvalue weighted by Gasteiger charge is 2.11. The fourth-order valence-corrected chi connectivity index (χ4v) is 2.62. The summed E-state index contributed by atoms with van der Waals surface area (Å²) in [7, 11) is 0. The van der Waals surface area contributed by atoms with Crippen LogP contribution in [-0.4, -0.2) is 5.75 Å². The Morgan fingerprint density at radius 3 is 2.42 bits per heavy atom. The number of halogens is 2. The van der Waals surface area contributed by atoms with Crippen LogP contribution in [0.4, 0.5) is 8.78 Å². The van der Waals surface area contributed by atoms with Crippen LogP contribution in [0.2, 0.25) is 0 Å². The lowest BCUT2D eigenvalue weighted by Crippen LogP contribution is -1.98. The van der Waals surface area contributed by atoms with E-state index in [1.54, 1.807) is 0 Å². The summed E-state index contributed by atoms with van der Waals surface area (Å²) in [5.41, 5.74) is 0.931. The quantitative estimate of drug-likeness (QED) is 0.774. The van der Waals surface area contributed by atoms with Crippen molar-refractivity contribution in [3.63, 3.8) is 0 Å². The predicted molar refractivity (Wildman–Crippen MR) is 71.9 cm³/mol. The summed E-state index contributed by atoms with van der Waals surface area (Å²) in [6.07, 6.45) is 0. The lowest BCUT2D eigenvalue weighted by Gasteiger charge is -2.09. The molecule has 0 bridgehead atoms. The van der Waals surface area contributed by atoms with E-state index >= 15 is 0 Å². The van der Waals surface area contributed by atoms with Gasteiger partial charge in [-0.25, -0.2) is 8.78 Å². The average molecular weight is 275 g/mol. The van der Waals surface area contributed by atoms with E-state index in [2.05, 4.69) is 6.07 Å². The Morgan fingerprint density at radius 2 is 1.79 bits per heavy atom. The largest absolute Gasteiger partial charge is 0.204 e. The van der Waals surface area contributed by atoms with E-state index in [0.717, 1.165) is 17.7 Å². The molecule has 2 rings (SSSR count). The Hall–Kier alpha value is -1.86. The van der Waals surface area contributed by atoms with Crippen molar-refractivity contribution in [2.75, 3.05) is 5.75 Å². The molecule has 19 heavy (non-hydrogen) atoms. The summed E-state index contributed by atoms with van der Waals surface area (Å²) in [5, 5.41) is 9.16. The lowest BCUT2D eigenvalue weighted by molar-refractivity contribution is 0.506. The molecule has 0 spiro atoms. The van der Waals surface area contributed by atoms with Gasteiger partial charge in [0.15, 0.2) is 11.6 Å². The number of nitrogens with zero attached hydrogens (tertiary/aromatic N) is 1. The van der Waals surface area contributed by atoms with E-state index < -0.39 is 11.6 Å². The average Bonchev–Trinajstić information content (AvgIpc) is 2.44. The van der Waals surface area contributed by atoms with Gasteiger partial charge in [0.25, 0.3) is 0 Å². The molecule has 0 N–H and O–H groups in total. The molecule has 0 aliphatic rings. The first kappa shape index (κ1) is 13.6. The zero-order valence-electron chi connectivity index (χ0n) is 10.0. The normalized spacial score (nSPS) is 11.8. The van der Waals surface area contributed by atoms with Crippen LogP contribution in [0, 0.1) is 23.0 Å². The van der Waals surface area contributed by atoms with Gasteiger partial charge >= 0.3 is 0 Å². The van der Waals surface area contributed by atoms with Crippen LogP contribution in [0.5, 0.6) is 0 Å². The molecule has 0 saturated heterocycles. The molecule has 0 aliphatic heterocycles. The van der Waals surface area contributed by atoms with Gasteiger partial charge < -0.3 is 0 Å². The second kappa shape index (κ2) is 6.35. The lowest BCUT2D eigenvalue weighted by atomic mass is 10.0. The maximum absolute atomic E-state index is 13.1. The first-order chi connectivity index (χ1) is 9.20. The van der Waals surface area contributed by atoms with Gasteiger partial charge in [-0.1, -0.05) is 30.3 Å². The predicted octanol–water partition coefficient (Wildman–Crippen LogP) is 4.36. The van der Waals surface area contributed by atoms with Gasteiger partial charge in [0, 0.05) is 10.6 Å². The number of rotatable bonds is 4. The molecular weight excluding hydrogens is 264 g/mol. The summed E-state index contributed by atoms with van der Waals surface area (Å²) < 4.78 is 25.8. The summed E-state index contributed by atoms with van der Waals surface area (Å²) in [6.45, 7) is 0. The van der Waals surface area contributed by atoms with Crippen LogP contribution in [0.25, 0.3) is 0 Å². The van der Waals surface area contributed by atoms with Gasteiger partial charge in [-0.2, -0.15) is 5.26 Å². The first-order valence-electron chi connectivity index (χ1n) is 5.73. The minimum absolute atomic E-state index is 0.265. The van der Waals surface area contributed by atoms with Gasteiger partial charge in [-0.3, -0.25) is 0 Å². The molecule has 1 unspecified atom stereocenters. The Morgan fingerprint density at radius 1 is 1.05 bits per heavy atom. The molecule has 2 aromatic rings. The minimum Gasteiger partial charge on any atom is -0.204 e. The number of hydrogen-bond acceptors (Lipinski definition) is 2. The van der Waals surface area contributed by atoms with E-state index in [4.69, 9.17) is 5.26 Å². The number of hydrogen-bond donors (Lipinski definition) is 0. The third-order valence-corrected chi connectivity index (χ3v) is 3.75. The summed E-state index contributed by atoms with van der Waals surface area (Å²) in [6, 6.07) is 15.4. The topological polar surface area (TPSA) is 23.8 Å². The van der Waals surface area contributed by atoms with E-state index in [-0.39, 0.29) is 5.92 Å². The molecule has 0 radical (unpaired) electrons. The van der Waals surface area contributed by atoms with Gasteiger partial charge in [-0.05, 0) is 23.8 Å². The second-order valence-electron chi connectivity index (χ2n) is 3.98. The minimum atomic E-state index is -0.863. The zero-order chi connectivity index (χ0) is 13.7. The molecule has 1 nitrogen and oxygen atoms in total. The van der Waals surface area contributed by atoms with Gasteiger partial charge in [0.05, 0.1) is 12.0 Å². The molecule has 0 aliphatic carbocycles. The van der Waals surface area contributed by atoms with E-state index in [0.29, 0.717) is 10.6 Å². The highest BCUT2D eigenvalue weighted by atomic mass is 32.2. The van der Waals surface area contributed by atoms with Crippen LogP contribution < -0.4 is 0 Å². The fraction of sp³-hybridized carbons (Fsp3) is 0.133. The third-order valence-electron chi connectivity index (χ3n) is 2.67. The highest BCUT2D eigenvalue weighted by molar-refractivity contribution is 7.99. The maximum atomic E-state index is 13.1. The SMILES string of the molecule is N#CC(CSc1ccc(F)c(F)c1)c1ccccc1. The van der Waals surface area contributed by atoms with E-state index in [1.807, 2.05) is 30.3 Å². The number of nitriles is 1. The van der Waals surface area contributed by atoms with Crippen molar-refractivity contribution in [2.45, 2.75) is 10.8 Å². The molecule has 0 amide bonds. The summed E-state index contributed by atoms with van der Waals surface area (Å²) >= 11 is 1.34. The van der Waals surface area contributed by atoms with Crippen molar-refractivity contribution >= 4 is 11.8 Å². The highest BCUT2D eigenvalue weighted by Crippen LogP contribution is 2.26. The smallest absolute Gasteiger partial charge is 0.159 e. The van der Waals surface area contributed by atoms with Crippen molar-refractivity contribution in [3.05, 3.63) is 65.7 Å². The van der Waals surface area contributed by atoms with Crippen LogP contribution in [0.1, 0.15) is 11.5 Å². The molecule has 0 saturated carbocycles. The van der Waals surface area contributed by atoms with Crippen molar-refractivity contribution in [2.24, 2.45) is 0 Å². The van der Waals surface area contributed by atoms with Crippen molar-refractivity contribution in [1.82, 2.24) is 0 Å². The van der Waals surface area contributed by atoms with Gasteiger partial charge in [0.2, 0.25) is 0 Å². The Balaban J connectivity index is 2.05. The molecule has 0 fully saturated rings. The van der Waals surface area contributed by atoms with Crippen molar-refractivity contribution in [1.29, 1.82) is 5.26 Å². The Labute approximate surface area is 114 Å². The van der Waals surface area contributed by atoms with Crippen LogP contribution >= 0.6 is 11.8 Å². The van der Waals surface area contributed by atoms with E-state index in [1.165, 1.54) is 17.8 Å². The van der Waals surface area contributed by atoms with Crippen molar-refractivity contribution in [3.8, 4) is 6.07 Å². The Kier molecular flexibility index (Phi) is 4.53. The van der Waals surface area contributed by atoms with Crippen LogP contribution in [-0.2, 0) is 0 Å². The van der Waals surface area contributed by atoms with Crippen molar-refractivity contribution < 1.29 is 8.78 Å². The maximum Gasteiger partial charge on any atom is 0.159 e. The second-order valence-corrected chi connectivity index (χ2v) is 5.07. The molecule has 0 heterocycles. The summed E-state index contributed by atoms with van der Waals surface area (Å²) in [5.74, 6) is -1.48. The molecule has 0 aromatic heterocycles. The molecule has 4 heteroatoms. The van der Waals surface area contributed by atoms with Gasteiger partial charge in [0.1, 0.15) is 0 Å². The fourth-order valence-electron chi connectivity index (χ4n) is 1.64. The van der Waals surface area contributed by atoms with E-state index in [9.17, 15) is 8.78 Å². The standard InChI is InChI=1S/C15H11F2NS/c16-14-7-6-13(8-15(14)17)19-10-12(9-18)11-4-2-1-3-5-11/h1-8,12H,10H2. The molecule has 1 atom stereocenters. The number of thioether (sulfide) groups is 1. The summed E-state index contributed by atoms with van der Waals surface area (Å²) in [4.78, 5) is 0.620. The zero-order valence-corrected chi connectivity index (χ0v) is 10.8. The number of benzene rings is 2. The molecule has 96 valence electrons. The molecular formula is C15H11F2NS. The molecule has 2 aromatic carbocycles. The monoisotopic (exact) mass is 275 g/mol. The third kappa shape index (κ3) is 3.55. The van der Waals surface area contributed by atoms with Gasteiger partial charge in [-0.15, -0.1) is 11.8 Å². The first-order valence-corrected chi connectivity index (χ1v) is 6.71.